The zero-order valence-electron chi connectivity index (χ0n) is 8.68. The van der Waals surface area contributed by atoms with Crippen LogP contribution in [0, 0.1) is 10.1 Å². The Bertz CT molecular complexity index is 409. The first-order valence-corrected chi connectivity index (χ1v) is 5.17. The van der Waals surface area contributed by atoms with Gasteiger partial charge in [-0.15, -0.1) is 5.10 Å². The summed E-state index contributed by atoms with van der Waals surface area (Å²) < 4.78 is 0. The number of nitro groups is 1. The Labute approximate surface area is 91.6 Å². The average Bonchev–Trinajstić information content (AvgIpc) is 2.78. The van der Waals surface area contributed by atoms with Crippen LogP contribution in [-0.2, 0) is 0 Å². The van der Waals surface area contributed by atoms with Crippen molar-refractivity contribution in [3.63, 3.8) is 0 Å². The third-order valence-electron chi connectivity index (χ3n) is 2.62. The Kier molecular flexibility index (Phi) is 2.84. The van der Waals surface area contributed by atoms with Gasteiger partial charge in [0.25, 0.3) is 5.91 Å². The third kappa shape index (κ3) is 2.02. The number of aromatic amines is 1. The number of aromatic nitrogens is 2. The first kappa shape index (κ1) is 10.6. The molecule has 1 amide bonds. The van der Waals surface area contributed by atoms with E-state index in [4.69, 9.17) is 0 Å². The molecule has 0 saturated carbocycles. The first-order valence-electron chi connectivity index (χ1n) is 5.17. The average molecular weight is 224 g/mol. The molecule has 1 aliphatic rings. The molecule has 0 spiro atoms. The summed E-state index contributed by atoms with van der Waals surface area (Å²) in [6, 6.07) is 1.18. The van der Waals surface area contributed by atoms with Crippen LogP contribution >= 0.6 is 0 Å². The Balaban J connectivity index is 2.10. The molecule has 0 aliphatic carbocycles. The number of likely N-dealkylation sites (tertiary alicyclic amines) is 1. The van der Waals surface area contributed by atoms with Gasteiger partial charge in [-0.2, -0.15) is 0 Å². The van der Waals surface area contributed by atoms with E-state index in [1.165, 1.54) is 6.07 Å². The van der Waals surface area contributed by atoms with Crippen molar-refractivity contribution in [2.24, 2.45) is 0 Å². The van der Waals surface area contributed by atoms with Crippen LogP contribution in [0.2, 0.25) is 0 Å². The van der Waals surface area contributed by atoms with Crippen LogP contribution < -0.4 is 0 Å². The summed E-state index contributed by atoms with van der Waals surface area (Å²) in [5.41, 5.74) is 0.119. The number of hydrogen-bond donors (Lipinski definition) is 1. The number of nitrogens with one attached hydrogen (secondary N) is 1. The Morgan fingerprint density at radius 1 is 1.44 bits per heavy atom. The van der Waals surface area contributed by atoms with Crippen LogP contribution in [0.15, 0.2) is 6.07 Å². The molecule has 0 aromatic carbocycles. The van der Waals surface area contributed by atoms with E-state index in [2.05, 4.69) is 10.2 Å². The Morgan fingerprint density at radius 3 is 2.69 bits per heavy atom. The smallest absolute Gasteiger partial charge is 0.343 e. The first-order chi connectivity index (χ1) is 7.68. The van der Waals surface area contributed by atoms with Gasteiger partial charge in [0.15, 0.2) is 5.69 Å². The second-order valence-corrected chi connectivity index (χ2v) is 3.75. The fourth-order valence-electron chi connectivity index (χ4n) is 1.77. The minimum absolute atomic E-state index is 0.119. The topological polar surface area (TPSA) is 92.1 Å². The van der Waals surface area contributed by atoms with Gasteiger partial charge >= 0.3 is 5.82 Å². The zero-order valence-corrected chi connectivity index (χ0v) is 8.68. The van der Waals surface area contributed by atoms with Crippen LogP contribution in [-0.4, -0.2) is 39.0 Å². The lowest BCUT2D eigenvalue weighted by Crippen LogP contribution is -2.35. The van der Waals surface area contributed by atoms with Crippen LogP contribution in [0.5, 0.6) is 0 Å². The van der Waals surface area contributed by atoms with Gasteiger partial charge in [-0.25, -0.2) is 0 Å². The highest BCUT2D eigenvalue weighted by Crippen LogP contribution is 2.14. The lowest BCUT2D eigenvalue weighted by molar-refractivity contribution is -0.389. The predicted octanol–water partition coefficient (Wildman–Crippen LogP) is 0.944. The zero-order chi connectivity index (χ0) is 11.5. The number of amides is 1. The summed E-state index contributed by atoms with van der Waals surface area (Å²) in [5, 5.41) is 16.3. The number of rotatable bonds is 2. The van der Waals surface area contributed by atoms with Crippen molar-refractivity contribution in [3.8, 4) is 0 Å². The minimum Gasteiger partial charge on any atom is -0.358 e. The molecular formula is C9H12N4O3. The number of carbonyl (C=O) groups excluding carboxylic acids is 1. The SMILES string of the molecule is O=C(c1cc([N+](=O)[O-])[nH]n1)N1CCCCC1. The van der Waals surface area contributed by atoms with E-state index in [-0.39, 0.29) is 17.4 Å². The van der Waals surface area contributed by atoms with E-state index >= 15 is 0 Å². The van der Waals surface area contributed by atoms with Crippen molar-refractivity contribution < 1.29 is 9.72 Å². The highest BCUT2D eigenvalue weighted by Gasteiger charge is 2.23. The molecular weight excluding hydrogens is 212 g/mol. The maximum absolute atomic E-state index is 11.9. The summed E-state index contributed by atoms with van der Waals surface area (Å²) in [5.74, 6) is -0.482. The minimum atomic E-state index is -0.597. The lowest BCUT2D eigenvalue weighted by Gasteiger charge is -2.25. The molecule has 1 aromatic rings. The molecule has 7 heteroatoms. The second-order valence-electron chi connectivity index (χ2n) is 3.75. The predicted molar refractivity (Wildman–Crippen MR) is 55.0 cm³/mol. The summed E-state index contributed by atoms with van der Waals surface area (Å²) in [6.07, 6.45) is 3.10. The number of H-pyrrole nitrogens is 1. The molecule has 2 heterocycles. The molecule has 1 aliphatic heterocycles. The summed E-state index contributed by atoms with van der Waals surface area (Å²) in [6.45, 7) is 1.42. The van der Waals surface area contributed by atoms with Gasteiger partial charge in [0.1, 0.15) is 0 Å². The van der Waals surface area contributed by atoms with E-state index in [1.54, 1.807) is 4.90 Å². The highest BCUT2D eigenvalue weighted by atomic mass is 16.6. The van der Waals surface area contributed by atoms with Crippen LogP contribution in [0.4, 0.5) is 5.82 Å². The molecule has 7 nitrogen and oxygen atoms in total. The highest BCUT2D eigenvalue weighted by molar-refractivity contribution is 5.92. The molecule has 2 rings (SSSR count). The third-order valence-corrected chi connectivity index (χ3v) is 2.62. The van der Waals surface area contributed by atoms with E-state index in [0.29, 0.717) is 13.1 Å². The standard InChI is InChI=1S/C9H12N4O3/c14-9(12-4-2-1-3-5-12)7-6-8(11-10-7)13(15)16/h6H,1-5H2,(H,10,11). The molecule has 1 fully saturated rings. The molecule has 0 atom stereocenters. The van der Waals surface area contributed by atoms with Gasteiger partial charge in [-0.3, -0.25) is 4.79 Å². The van der Waals surface area contributed by atoms with Crippen molar-refractivity contribution >= 4 is 11.7 Å². The van der Waals surface area contributed by atoms with Gasteiger partial charge in [0.2, 0.25) is 0 Å². The van der Waals surface area contributed by atoms with Crippen LogP contribution in [0.3, 0.4) is 0 Å². The molecule has 0 unspecified atom stereocenters. The van der Waals surface area contributed by atoms with Crippen molar-refractivity contribution in [1.29, 1.82) is 0 Å². The molecule has 0 bridgehead atoms. The number of hydrogen-bond acceptors (Lipinski definition) is 4. The van der Waals surface area contributed by atoms with Gasteiger partial charge in [-0.1, -0.05) is 5.10 Å². The van der Waals surface area contributed by atoms with Crippen molar-refractivity contribution in [2.75, 3.05) is 13.1 Å². The number of carbonyl (C=O) groups is 1. The number of piperidine rings is 1. The van der Waals surface area contributed by atoms with Gasteiger partial charge < -0.3 is 15.0 Å². The summed E-state index contributed by atoms with van der Waals surface area (Å²) >= 11 is 0. The van der Waals surface area contributed by atoms with Crippen molar-refractivity contribution in [2.45, 2.75) is 19.3 Å². The molecule has 1 saturated heterocycles. The van der Waals surface area contributed by atoms with Gasteiger partial charge in [0.05, 0.1) is 6.07 Å². The molecule has 1 N–H and O–H groups in total. The Morgan fingerprint density at radius 2 is 2.12 bits per heavy atom. The fraction of sp³-hybridized carbons (Fsp3) is 0.556. The lowest BCUT2D eigenvalue weighted by atomic mass is 10.1. The van der Waals surface area contributed by atoms with E-state index in [0.717, 1.165) is 19.3 Å². The van der Waals surface area contributed by atoms with E-state index in [1.807, 2.05) is 0 Å². The molecule has 0 radical (unpaired) electrons. The normalized spacial score (nSPS) is 16.1. The molecule has 1 aromatic heterocycles. The maximum Gasteiger partial charge on any atom is 0.343 e. The summed E-state index contributed by atoms with van der Waals surface area (Å²) in [4.78, 5) is 23.4. The van der Waals surface area contributed by atoms with Crippen molar-refractivity contribution in [1.82, 2.24) is 15.1 Å². The quantitative estimate of drug-likeness (QED) is 0.597. The van der Waals surface area contributed by atoms with E-state index in [9.17, 15) is 14.9 Å². The fourth-order valence-corrected chi connectivity index (χ4v) is 1.77. The second kappa shape index (κ2) is 4.30. The monoisotopic (exact) mass is 224 g/mol. The van der Waals surface area contributed by atoms with Crippen LogP contribution in [0.1, 0.15) is 29.8 Å². The largest absolute Gasteiger partial charge is 0.358 e. The Hall–Kier alpha value is -1.92. The molecule has 86 valence electrons. The summed E-state index contributed by atoms with van der Waals surface area (Å²) in [7, 11) is 0. The maximum atomic E-state index is 11.9. The van der Waals surface area contributed by atoms with Gasteiger partial charge in [0, 0.05) is 13.1 Å². The number of nitrogens with zero attached hydrogens (tertiary/aromatic N) is 3. The van der Waals surface area contributed by atoms with Gasteiger partial charge in [-0.05, 0) is 24.2 Å². The van der Waals surface area contributed by atoms with E-state index < -0.39 is 4.92 Å². The van der Waals surface area contributed by atoms with Crippen LogP contribution in [0.25, 0.3) is 0 Å². The molecule has 16 heavy (non-hydrogen) atoms. The van der Waals surface area contributed by atoms with Crippen molar-refractivity contribution in [3.05, 3.63) is 21.9 Å².